The molecule has 0 unspecified atom stereocenters. The van der Waals surface area contributed by atoms with Crippen LogP contribution >= 0.6 is 23.8 Å². The third-order valence-electron chi connectivity index (χ3n) is 4.22. The Balaban J connectivity index is 3.76. The molecule has 10 heteroatoms. The number of thiocarbonyl (C=S) groups is 1. The zero-order valence-electron chi connectivity index (χ0n) is 15.6. The number of sulfonamides is 1. The summed E-state index contributed by atoms with van der Waals surface area (Å²) in [6, 6.07) is 3.09. The summed E-state index contributed by atoms with van der Waals surface area (Å²) in [5.41, 5.74) is 5.96. The molecular formula is C15H26ClN3O3S2Si. The van der Waals surface area contributed by atoms with Crippen LogP contribution in [0.25, 0.3) is 0 Å². The van der Waals surface area contributed by atoms with Gasteiger partial charge in [-0.25, -0.2) is 12.7 Å². The summed E-state index contributed by atoms with van der Waals surface area (Å²) in [7, 11) is -3.32. The second-order valence-corrected chi connectivity index (χ2v) is 15.1. The highest BCUT2D eigenvalue weighted by Gasteiger charge is 2.41. The van der Waals surface area contributed by atoms with Gasteiger partial charge in [0.05, 0.1) is 10.7 Å². The molecule has 0 bridgehead atoms. The van der Waals surface area contributed by atoms with Crippen LogP contribution in [0.5, 0.6) is 5.75 Å². The number of benzene rings is 1. The molecule has 0 fully saturated rings. The molecule has 142 valence electrons. The van der Waals surface area contributed by atoms with Crippen LogP contribution in [-0.4, -0.2) is 40.2 Å². The maximum Gasteiger partial charge on any atom is 0.250 e. The molecule has 0 saturated carbocycles. The summed E-state index contributed by atoms with van der Waals surface area (Å²) >= 11 is 11.2. The van der Waals surface area contributed by atoms with Crippen molar-refractivity contribution < 1.29 is 12.8 Å². The van der Waals surface area contributed by atoms with Crippen LogP contribution in [-0.2, 0) is 10.0 Å². The molecule has 0 aromatic heterocycles. The Labute approximate surface area is 161 Å². The van der Waals surface area contributed by atoms with Crippen molar-refractivity contribution in [3.63, 3.8) is 0 Å². The van der Waals surface area contributed by atoms with Gasteiger partial charge < -0.3 is 15.5 Å². The van der Waals surface area contributed by atoms with Crippen molar-refractivity contribution in [1.82, 2.24) is 4.31 Å². The fraction of sp³-hybridized carbons (Fsp3) is 0.533. The van der Waals surface area contributed by atoms with Gasteiger partial charge in [-0.05, 0) is 42.5 Å². The van der Waals surface area contributed by atoms with Gasteiger partial charge in [0.1, 0.15) is 10.6 Å². The minimum atomic E-state index is -3.84. The first-order valence-electron chi connectivity index (χ1n) is 7.62. The van der Waals surface area contributed by atoms with E-state index in [9.17, 15) is 8.42 Å². The van der Waals surface area contributed by atoms with E-state index in [2.05, 4.69) is 26.1 Å². The SMILES string of the molecule is CN(C)S(=O)(=O)c1c(Cl)ccc(NC(N)=S)c1O[Si](C)(C)C(C)(C)C. The molecule has 1 aromatic rings. The number of hydrogen-bond acceptors (Lipinski definition) is 4. The van der Waals surface area contributed by atoms with Crippen LogP contribution in [0.15, 0.2) is 17.0 Å². The largest absolute Gasteiger partial charge is 0.541 e. The predicted molar refractivity (Wildman–Crippen MR) is 111 cm³/mol. The van der Waals surface area contributed by atoms with Crippen molar-refractivity contribution in [1.29, 1.82) is 0 Å². The highest BCUT2D eigenvalue weighted by atomic mass is 35.5. The monoisotopic (exact) mass is 423 g/mol. The molecule has 1 rings (SSSR count). The van der Waals surface area contributed by atoms with Crippen molar-refractivity contribution in [3.8, 4) is 5.75 Å². The van der Waals surface area contributed by atoms with E-state index < -0.39 is 18.3 Å². The van der Waals surface area contributed by atoms with Gasteiger partial charge in [0.15, 0.2) is 5.11 Å². The van der Waals surface area contributed by atoms with Crippen LogP contribution in [0.2, 0.25) is 23.2 Å². The lowest BCUT2D eigenvalue weighted by molar-refractivity contribution is 0.474. The zero-order valence-corrected chi connectivity index (χ0v) is 19.0. The van der Waals surface area contributed by atoms with E-state index in [0.717, 1.165) is 4.31 Å². The van der Waals surface area contributed by atoms with Crippen molar-refractivity contribution in [2.24, 2.45) is 5.73 Å². The molecule has 25 heavy (non-hydrogen) atoms. The van der Waals surface area contributed by atoms with Gasteiger partial charge in [-0.2, -0.15) is 0 Å². The van der Waals surface area contributed by atoms with E-state index in [1.807, 2.05) is 13.1 Å². The quantitative estimate of drug-likeness (QED) is 0.555. The van der Waals surface area contributed by atoms with Crippen LogP contribution in [0.1, 0.15) is 20.8 Å². The molecule has 1 aromatic carbocycles. The maximum absolute atomic E-state index is 12.8. The molecule has 0 aliphatic heterocycles. The highest BCUT2D eigenvalue weighted by molar-refractivity contribution is 7.89. The van der Waals surface area contributed by atoms with Gasteiger partial charge in [-0.3, -0.25) is 0 Å². The zero-order chi connectivity index (χ0) is 19.8. The van der Waals surface area contributed by atoms with E-state index in [4.69, 9.17) is 34.0 Å². The number of hydrogen-bond donors (Lipinski definition) is 2. The fourth-order valence-electron chi connectivity index (χ4n) is 1.70. The molecule has 0 aliphatic carbocycles. The first-order chi connectivity index (χ1) is 11.1. The van der Waals surface area contributed by atoms with Gasteiger partial charge in [0.25, 0.3) is 8.32 Å². The van der Waals surface area contributed by atoms with E-state index in [1.54, 1.807) is 6.07 Å². The van der Waals surface area contributed by atoms with Crippen molar-refractivity contribution in [3.05, 3.63) is 17.2 Å². The number of nitrogens with two attached hydrogens (primary N) is 1. The summed E-state index contributed by atoms with van der Waals surface area (Å²) in [6.45, 7) is 10.2. The van der Waals surface area contributed by atoms with E-state index in [1.165, 1.54) is 20.2 Å². The topological polar surface area (TPSA) is 84.7 Å². The normalized spacial score (nSPS) is 13.0. The second kappa shape index (κ2) is 7.40. The lowest BCUT2D eigenvalue weighted by Crippen LogP contribution is -2.44. The smallest absolute Gasteiger partial charge is 0.250 e. The minimum Gasteiger partial charge on any atom is -0.541 e. The third kappa shape index (κ3) is 4.85. The van der Waals surface area contributed by atoms with Crippen LogP contribution in [0, 0.1) is 0 Å². The Bertz CT molecular complexity index is 775. The fourth-order valence-corrected chi connectivity index (χ4v) is 4.42. The molecule has 6 nitrogen and oxygen atoms in total. The lowest BCUT2D eigenvalue weighted by Gasteiger charge is -2.37. The number of halogens is 1. The molecular weight excluding hydrogens is 398 g/mol. The Morgan fingerprint density at radius 3 is 2.24 bits per heavy atom. The van der Waals surface area contributed by atoms with Crippen LogP contribution in [0.4, 0.5) is 5.69 Å². The average molecular weight is 424 g/mol. The molecule has 0 saturated heterocycles. The minimum absolute atomic E-state index is 0.00982. The predicted octanol–water partition coefficient (Wildman–Crippen LogP) is 3.63. The summed E-state index contributed by atoms with van der Waals surface area (Å²) in [4.78, 5) is -0.0924. The average Bonchev–Trinajstić information content (AvgIpc) is 2.39. The standard InChI is InChI=1S/C15H26ClN3O3S2Si/c1-15(2,3)25(6,7)22-12-11(18-14(17)23)9-8-10(16)13(12)24(20,21)19(4)5/h8-9H,1-7H3,(H3,17,18,23). The van der Waals surface area contributed by atoms with Crippen molar-refractivity contribution >= 4 is 53.0 Å². The molecule has 0 aliphatic rings. The molecule has 0 atom stereocenters. The van der Waals surface area contributed by atoms with Crippen molar-refractivity contribution in [2.45, 2.75) is 43.8 Å². The second-order valence-electron chi connectivity index (χ2n) is 7.39. The van der Waals surface area contributed by atoms with E-state index in [-0.39, 0.29) is 25.8 Å². The first kappa shape index (κ1) is 22.2. The van der Waals surface area contributed by atoms with Crippen LogP contribution in [0.3, 0.4) is 0 Å². The number of anilines is 1. The third-order valence-corrected chi connectivity index (χ3v) is 11.0. The molecule has 3 N–H and O–H groups in total. The molecule has 0 amide bonds. The highest BCUT2D eigenvalue weighted by Crippen LogP contribution is 2.44. The number of rotatable bonds is 5. The van der Waals surface area contributed by atoms with E-state index >= 15 is 0 Å². The van der Waals surface area contributed by atoms with Crippen LogP contribution < -0.4 is 15.5 Å². The van der Waals surface area contributed by atoms with Gasteiger partial charge >= 0.3 is 0 Å². The Morgan fingerprint density at radius 1 is 1.32 bits per heavy atom. The molecule has 0 spiro atoms. The van der Waals surface area contributed by atoms with Gasteiger partial charge in [0, 0.05) is 14.1 Å². The number of nitrogens with zero attached hydrogens (tertiary/aromatic N) is 1. The van der Waals surface area contributed by atoms with Gasteiger partial charge in [-0.1, -0.05) is 32.4 Å². The summed E-state index contributed by atoms with van der Waals surface area (Å²) in [5, 5.41) is 2.74. The lowest BCUT2D eigenvalue weighted by atomic mass is 10.2. The molecule has 0 radical (unpaired) electrons. The van der Waals surface area contributed by atoms with Gasteiger partial charge in [0.2, 0.25) is 10.0 Å². The van der Waals surface area contributed by atoms with Gasteiger partial charge in [-0.15, -0.1) is 0 Å². The first-order valence-corrected chi connectivity index (χ1v) is 12.7. The Kier molecular flexibility index (Phi) is 6.56. The summed E-state index contributed by atoms with van der Waals surface area (Å²) < 4.78 is 33.1. The van der Waals surface area contributed by atoms with Crippen molar-refractivity contribution in [2.75, 3.05) is 19.4 Å². The molecule has 0 heterocycles. The number of nitrogens with one attached hydrogen (secondary N) is 1. The Hall–Kier alpha value is -0.873. The summed E-state index contributed by atoms with van der Waals surface area (Å²) in [6.07, 6.45) is 0. The van der Waals surface area contributed by atoms with E-state index in [0.29, 0.717) is 5.69 Å². The maximum atomic E-state index is 12.8. The summed E-state index contributed by atoms with van der Waals surface area (Å²) in [5.74, 6) is 0.153. The Morgan fingerprint density at radius 2 is 1.84 bits per heavy atom.